The fraction of sp³-hybridized carbons (Fsp3) is 0.450. The lowest BCUT2D eigenvalue weighted by molar-refractivity contribution is -0.137. The van der Waals surface area contributed by atoms with Gasteiger partial charge in [0.2, 0.25) is 0 Å². The molecule has 0 aliphatic heterocycles. The molecule has 2 N–H and O–H groups in total. The molecule has 0 aliphatic carbocycles. The first-order valence-corrected chi connectivity index (χ1v) is 9.37. The Hall–Kier alpha value is -2.84. The Labute approximate surface area is 168 Å². The molecule has 0 aliphatic rings. The third kappa shape index (κ3) is 6.62. The molecule has 29 heavy (non-hydrogen) atoms. The molecule has 1 unspecified atom stereocenters. The molecule has 0 bridgehead atoms. The molecule has 1 atom stereocenters. The Bertz CT molecular complexity index is 841. The van der Waals surface area contributed by atoms with Gasteiger partial charge in [-0.25, -0.2) is 4.99 Å². The predicted octanol–water partition coefficient (Wildman–Crippen LogP) is 3.56. The molecular formula is C20H27F3N6. The number of nitrogens with zero attached hydrogens (tertiary/aromatic N) is 4. The van der Waals surface area contributed by atoms with Crippen molar-refractivity contribution in [1.29, 1.82) is 0 Å². The zero-order valence-electron chi connectivity index (χ0n) is 16.9. The summed E-state index contributed by atoms with van der Waals surface area (Å²) in [5, 5.41) is 14.4. The van der Waals surface area contributed by atoms with Crippen molar-refractivity contribution >= 4 is 5.96 Å². The van der Waals surface area contributed by atoms with Gasteiger partial charge in [-0.05, 0) is 30.9 Å². The van der Waals surface area contributed by atoms with Gasteiger partial charge in [0.25, 0.3) is 0 Å². The largest absolute Gasteiger partial charge is 0.416 e. The highest BCUT2D eigenvalue weighted by atomic mass is 19.4. The monoisotopic (exact) mass is 408 g/mol. The van der Waals surface area contributed by atoms with E-state index in [1.165, 1.54) is 12.1 Å². The van der Waals surface area contributed by atoms with Crippen LogP contribution in [0.4, 0.5) is 13.2 Å². The molecule has 0 spiro atoms. The minimum absolute atomic E-state index is 0.0353. The summed E-state index contributed by atoms with van der Waals surface area (Å²) < 4.78 is 40.6. The van der Waals surface area contributed by atoms with Gasteiger partial charge in [0, 0.05) is 20.1 Å². The third-order valence-corrected chi connectivity index (χ3v) is 4.63. The number of hydrogen-bond acceptors (Lipinski definition) is 3. The van der Waals surface area contributed by atoms with E-state index in [9.17, 15) is 13.2 Å². The molecule has 2 aromatic rings. The molecule has 0 saturated heterocycles. The van der Waals surface area contributed by atoms with Crippen LogP contribution < -0.4 is 10.6 Å². The van der Waals surface area contributed by atoms with E-state index >= 15 is 0 Å². The normalized spacial score (nSPS) is 13.2. The number of nitrogens with one attached hydrogen (secondary N) is 2. The smallest absolute Gasteiger partial charge is 0.356 e. The SMILES string of the molecule is C=CCNC(=NCc1nnc(C)n1C)NCCC(C)c1cccc(C(F)(F)F)c1. The van der Waals surface area contributed by atoms with Gasteiger partial charge in [0.15, 0.2) is 11.8 Å². The molecule has 0 radical (unpaired) electrons. The van der Waals surface area contributed by atoms with Crippen LogP contribution in [0.5, 0.6) is 0 Å². The van der Waals surface area contributed by atoms with Crippen molar-refractivity contribution in [1.82, 2.24) is 25.4 Å². The van der Waals surface area contributed by atoms with Crippen LogP contribution in [0.15, 0.2) is 41.9 Å². The maximum Gasteiger partial charge on any atom is 0.416 e. The van der Waals surface area contributed by atoms with Crippen LogP contribution in [0.1, 0.15) is 42.0 Å². The minimum atomic E-state index is -4.33. The summed E-state index contributed by atoms with van der Waals surface area (Å²) in [6.45, 7) is 8.90. The second-order valence-corrected chi connectivity index (χ2v) is 6.80. The van der Waals surface area contributed by atoms with E-state index in [0.29, 0.717) is 37.6 Å². The van der Waals surface area contributed by atoms with Gasteiger partial charge in [-0.15, -0.1) is 16.8 Å². The van der Waals surface area contributed by atoms with Crippen molar-refractivity contribution in [3.8, 4) is 0 Å². The summed E-state index contributed by atoms with van der Waals surface area (Å²) in [5.41, 5.74) is 0.0393. The average Bonchev–Trinajstić information content (AvgIpc) is 3.01. The molecule has 2 rings (SSSR count). The fourth-order valence-electron chi connectivity index (χ4n) is 2.68. The number of benzene rings is 1. The van der Waals surface area contributed by atoms with Crippen LogP contribution in [0.2, 0.25) is 0 Å². The number of guanidine groups is 1. The molecule has 0 saturated carbocycles. The molecule has 1 aromatic carbocycles. The van der Waals surface area contributed by atoms with Gasteiger partial charge in [0.1, 0.15) is 12.4 Å². The molecule has 0 amide bonds. The summed E-state index contributed by atoms with van der Waals surface area (Å²) in [7, 11) is 1.88. The quantitative estimate of drug-likeness (QED) is 0.398. The Kier molecular flexibility index (Phi) is 7.81. The molecule has 158 valence electrons. The zero-order chi connectivity index (χ0) is 21.4. The summed E-state index contributed by atoms with van der Waals surface area (Å²) >= 11 is 0. The minimum Gasteiger partial charge on any atom is -0.356 e. The van der Waals surface area contributed by atoms with E-state index in [1.807, 2.05) is 25.5 Å². The summed E-state index contributed by atoms with van der Waals surface area (Å²) in [4.78, 5) is 4.50. The number of rotatable bonds is 8. The van der Waals surface area contributed by atoms with Crippen molar-refractivity contribution in [3.63, 3.8) is 0 Å². The second kappa shape index (κ2) is 10.1. The van der Waals surface area contributed by atoms with Crippen LogP contribution in [0.3, 0.4) is 0 Å². The second-order valence-electron chi connectivity index (χ2n) is 6.80. The Morgan fingerprint density at radius 2 is 2.07 bits per heavy atom. The van der Waals surface area contributed by atoms with Crippen molar-refractivity contribution in [2.45, 2.75) is 38.9 Å². The van der Waals surface area contributed by atoms with Gasteiger partial charge < -0.3 is 15.2 Å². The predicted molar refractivity (Wildman–Crippen MR) is 108 cm³/mol. The van der Waals surface area contributed by atoms with E-state index in [1.54, 1.807) is 12.1 Å². The lowest BCUT2D eigenvalue weighted by Gasteiger charge is -2.16. The van der Waals surface area contributed by atoms with Gasteiger partial charge in [-0.1, -0.05) is 31.2 Å². The summed E-state index contributed by atoms with van der Waals surface area (Å²) in [6, 6.07) is 5.48. The van der Waals surface area contributed by atoms with Crippen LogP contribution >= 0.6 is 0 Å². The van der Waals surface area contributed by atoms with E-state index < -0.39 is 11.7 Å². The van der Waals surface area contributed by atoms with Crippen molar-refractivity contribution in [2.75, 3.05) is 13.1 Å². The van der Waals surface area contributed by atoms with Crippen LogP contribution in [0.25, 0.3) is 0 Å². The first-order chi connectivity index (χ1) is 13.7. The van der Waals surface area contributed by atoms with Crippen LogP contribution in [-0.2, 0) is 19.8 Å². The molecule has 1 aromatic heterocycles. The van der Waals surface area contributed by atoms with Gasteiger partial charge in [-0.2, -0.15) is 13.2 Å². The van der Waals surface area contributed by atoms with E-state index in [4.69, 9.17) is 0 Å². The van der Waals surface area contributed by atoms with Crippen LogP contribution in [0, 0.1) is 6.92 Å². The molecule has 0 fully saturated rings. The Balaban J connectivity index is 1.96. The maximum absolute atomic E-state index is 12.9. The Morgan fingerprint density at radius 3 is 2.69 bits per heavy atom. The Morgan fingerprint density at radius 1 is 1.31 bits per heavy atom. The van der Waals surface area contributed by atoms with E-state index in [0.717, 1.165) is 17.7 Å². The third-order valence-electron chi connectivity index (χ3n) is 4.63. The standard InChI is InChI=1S/C20H27F3N6/c1-5-10-24-19(26-13-18-28-27-15(3)29(18)4)25-11-9-14(2)16-7-6-8-17(12-16)20(21,22)23/h5-8,12,14H,1,9-11,13H2,2-4H3,(H2,24,25,26). The van der Waals surface area contributed by atoms with Crippen LogP contribution in [-0.4, -0.2) is 33.8 Å². The van der Waals surface area contributed by atoms with Crippen molar-refractivity contribution in [3.05, 3.63) is 59.7 Å². The lowest BCUT2D eigenvalue weighted by Crippen LogP contribution is -2.38. The molecule has 1 heterocycles. The van der Waals surface area contributed by atoms with Crippen molar-refractivity contribution < 1.29 is 13.2 Å². The maximum atomic E-state index is 12.9. The van der Waals surface area contributed by atoms with Gasteiger partial charge in [-0.3, -0.25) is 0 Å². The highest BCUT2D eigenvalue weighted by Gasteiger charge is 2.30. The molecule has 6 nitrogen and oxygen atoms in total. The lowest BCUT2D eigenvalue weighted by atomic mass is 9.96. The number of alkyl halides is 3. The summed E-state index contributed by atoms with van der Waals surface area (Å²) in [6.07, 6.45) is -1.96. The highest BCUT2D eigenvalue weighted by Crippen LogP contribution is 2.31. The number of aliphatic imine (C=N–C) groups is 1. The topological polar surface area (TPSA) is 67.1 Å². The highest BCUT2D eigenvalue weighted by molar-refractivity contribution is 5.79. The van der Waals surface area contributed by atoms with Gasteiger partial charge >= 0.3 is 6.18 Å². The average molecular weight is 408 g/mol. The van der Waals surface area contributed by atoms with E-state index in [-0.39, 0.29) is 5.92 Å². The number of hydrogen-bond donors (Lipinski definition) is 2. The first-order valence-electron chi connectivity index (χ1n) is 9.37. The van der Waals surface area contributed by atoms with Crippen molar-refractivity contribution in [2.24, 2.45) is 12.0 Å². The molecular weight excluding hydrogens is 381 g/mol. The zero-order valence-corrected chi connectivity index (χ0v) is 16.9. The van der Waals surface area contributed by atoms with E-state index in [2.05, 4.69) is 32.4 Å². The first kappa shape index (κ1) is 22.4. The van der Waals surface area contributed by atoms with Gasteiger partial charge in [0.05, 0.1) is 5.56 Å². The number of halogens is 3. The fourth-order valence-corrected chi connectivity index (χ4v) is 2.68. The summed E-state index contributed by atoms with van der Waals surface area (Å²) in [5.74, 6) is 2.09. The number of aromatic nitrogens is 3. The molecule has 9 heteroatoms. The number of aryl methyl sites for hydroxylation is 1.